The van der Waals surface area contributed by atoms with Crippen molar-refractivity contribution in [3.63, 3.8) is 0 Å². The van der Waals surface area contributed by atoms with Crippen molar-refractivity contribution in [2.75, 3.05) is 26.6 Å². The first-order chi connectivity index (χ1) is 17.0. The SMILES string of the molecule is CCOC(=O)c1c(-c2ccc3nsnc3c2)c2cc(N)ccc2n1Cc1cc(OC)ccc1OC. The lowest BCUT2D eigenvalue weighted by Crippen LogP contribution is -2.14. The van der Waals surface area contributed by atoms with Crippen LogP contribution < -0.4 is 15.2 Å². The lowest BCUT2D eigenvalue weighted by Gasteiger charge is -2.15. The lowest BCUT2D eigenvalue weighted by molar-refractivity contribution is 0.0516. The maximum Gasteiger partial charge on any atom is 0.355 e. The molecule has 178 valence electrons. The molecule has 3 aromatic carbocycles. The van der Waals surface area contributed by atoms with Crippen LogP contribution in [-0.2, 0) is 11.3 Å². The van der Waals surface area contributed by atoms with Crippen LogP contribution in [-0.4, -0.2) is 40.1 Å². The van der Waals surface area contributed by atoms with Gasteiger partial charge in [0.1, 0.15) is 28.2 Å². The van der Waals surface area contributed by atoms with Gasteiger partial charge in [0.2, 0.25) is 0 Å². The van der Waals surface area contributed by atoms with Crippen LogP contribution in [0.2, 0.25) is 0 Å². The van der Waals surface area contributed by atoms with Gasteiger partial charge < -0.3 is 24.5 Å². The first kappa shape index (κ1) is 22.7. The van der Waals surface area contributed by atoms with E-state index in [9.17, 15) is 4.79 Å². The average molecular weight is 489 g/mol. The van der Waals surface area contributed by atoms with E-state index >= 15 is 0 Å². The molecular weight excluding hydrogens is 464 g/mol. The van der Waals surface area contributed by atoms with E-state index in [4.69, 9.17) is 19.9 Å². The molecule has 2 heterocycles. The molecule has 35 heavy (non-hydrogen) atoms. The van der Waals surface area contributed by atoms with Crippen LogP contribution in [0.3, 0.4) is 0 Å². The molecule has 0 atom stereocenters. The van der Waals surface area contributed by atoms with Gasteiger partial charge in [-0.05, 0) is 61.0 Å². The zero-order chi connectivity index (χ0) is 24.5. The number of nitrogens with zero attached hydrogens (tertiary/aromatic N) is 3. The number of rotatable bonds is 7. The minimum Gasteiger partial charge on any atom is -0.497 e. The number of ether oxygens (including phenoxy) is 3. The standard InChI is InChI=1S/C26H24N4O4S/c1-4-34-26(31)25-24(15-5-8-20-21(12-15)29-35-28-20)19-13-17(27)6-9-22(19)30(25)14-16-11-18(32-2)7-10-23(16)33-3/h5-13H,4,14,27H2,1-3H3. The predicted octanol–water partition coefficient (Wildman–Crippen LogP) is 5.14. The van der Waals surface area contributed by atoms with Crippen LogP contribution in [0.5, 0.6) is 11.5 Å². The number of carbonyl (C=O) groups excluding carboxylic acids is 1. The van der Waals surface area contributed by atoms with E-state index in [-0.39, 0.29) is 6.61 Å². The number of carbonyl (C=O) groups is 1. The molecule has 5 aromatic rings. The molecule has 2 N–H and O–H groups in total. The molecule has 0 amide bonds. The zero-order valence-electron chi connectivity index (χ0n) is 19.6. The van der Waals surface area contributed by atoms with E-state index in [1.54, 1.807) is 21.1 Å². The van der Waals surface area contributed by atoms with E-state index in [2.05, 4.69) is 8.75 Å². The van der Waals surface area contributed by atoms with Gasteiger partial charge >= 0.3 is 5.97 Å². The number of aromatic nitrogens is 3. The van der Waals surface area contributed by atoms with Crippen LogP contribution in [0.15, 0.2) is 54.6 Å². The molecule has 9 heteroatoms. The van der Waals surface area contributed by atoms with Gasteiger partial charge in [-0.1, -0.05) is 6.07 Å². The summed E-state index contributed by atoms with van der Waals surface area (Å²) in [7, 11) is 3.24. The number of anilines is 1. The summed E-state index contributed by atoms with van der Waals surface area (Å²) >= 11 is 1.15. The molecule has 5 rings (SSSR count). The molecular formula is C26H24N4O4S. The van der Waals surface area contributed by atoms with E-state index in [1.165, 1.54) is 0 Å². The Kier molecular flexibility index (Phi) is 6.00. The fourth-order valence-electron chi connectivity index (χ4n) is 4.35. The Morgan fingerprint density at radius 2 is 1.83 bits per heavy atom. The number of benzene rings is 3. The van der Waals surface area contributed by atoms with E-state index in [0.717, 1.165) is 50.4 Å². The van der Waals surface area contributed by atoms with Crippen molar-refractivity contribution in [1.82, 2.24) is 13.3 Å². The highest BCUT2D eigenvalue weighted by atomic mass is 32.1. The molecule has 0 saturated heterocycles. The predicted molar refractivity (Wildman–Crippen MR) is 137 cm³/mol. The summed E-state index contributed by atoms with van der Waals surface area (Å²) in [6.07, 6.45) is 0. The van der Waals surface area contributed by atoms with Gasteiger partial charge in [-0.3, -0.25) is 0 Å². The van der Waals surface area contributed by atoms with Gasteiger partial charge in [-0.25, -0.2) is 4.79 Å². The fraction of sp³-hybridized carbons (Fsp3) is 0.192. The quantitative estimate of drug-likeness (QED) is 0.250. The molecule has 0 spiro atoms. The van der Waals surface area contributed by atoms with E-state index in [1.807, 2.05) is 59.2 Å². The fourth-order valence-corrected chi connectivity index (χ4v) is 4.87. The van der Waals surface area contributed by atoms with Crippen molar-refractivity contribution in [3.05, 3.63) is 65.9 Å². The van der Waals surface area contributed by atoms with Crippen molar-refractivity contribution in [1.29, 1.82) is 0 Å². The molecule has 0 bridgehead atoms. The number of hydrogen-bond donors (Lipinski definition) is 1. The molecule has 0 aliphatic rings. The molecule has 2 aromatic heterocycles. The van der Waals surface area contributed by atoms with Crippen molar-refractivity contribution in [2.45, 2.75) is 13.5 Å². The first-order valence-corrected chi connectivity index (χ1v) is 11.8. The van der Waals surface area contributed by atoms with Crippen LogP contribution >= 0.6 is 11.7 Å². The Balaban J connectivity index is 1.81. The number of fused-ring (bicyclic) bond motifs is 2. The number of nitrogen functional groups attached to an aromatic ring is 1. The van der Waals surface area contributed by atoms with Gasteiger partial charge in [0.15, 0.2) is 0 Å². The van der Waals surface area contributed by atoms with Crippen molar-refractivity contribution < 1.29 is 19.0 Å². The van der Waals surface area contributed by atoms with Gasteiger partial charge in [0.25, 0.3) is 0 Å². The van der Waals surface area contributed by atoms with Crippen LogP contribution in [0.1, 0.15) is 23.0 Å². The lowest BCUT2D eigenvalue weighted by atomic mass is 10.0. The summed E-state index contributed by atoms with van der Waals surface area (Å²) in [6.45, 7) is 2.40. The Hall–Kier alpha value is -4.11. The van der Waals surface area contributed by atoms with Crippen molar-refractivity contribution in [2.24, 2.45) is 0 Å². The van der Waals surface area contributed by atoms with Crippen LogP contribution in [0.25, 0.3) is 33.1 Å². The molecule has 0 aliphatic carbocycles. The van der Waals surface area contributed by atoms with Crippen LogP contribution in [0.4, 0.5) is 5.69 Å². The normalized spacial score (nSPS) is 11.2. The minimum atomic E-state index is -0.421. The van der Waals surface area contributed by atoms with Gasteiger partial charge in [-0.15, -0.1) is 0 Å². The highest BCUT2D eigenvalue weighted by molar-refractivity contribution is 7.00. The molecule has 0 aliphatic heterocycles. The van der Waals surface area contributed by atoms with Crippen molar-refractivity contribution in [3.8, 4) is 22.6 Å². The Bertz CT molecular complexity index is 1560. The van der Waals surface area contributed by atoms with Gasteiger partial charge in [-0.2, -0.15) is 8.75 Å². The summed E-state index contributed by atoms with van der Waals surface area (Å²) in [5.41, 5.74) is 12.1. The third kappa shape index (κ3) is 4.04. The smallest absolute Gasteiger partial charge is 0.355 e. The third-order valence-electron chi connectivity index (χ3n) is 5.91. The molecule has 0 radical (unpaired) electrons. The van der Waals surface area contributed by atoms with Gasteiger partial charge in [0, 0.05) is 27.7 Å². The van der Waals surface area contributed by atoms with Crippen LogP contribution in [0, 0.1) is 0 Å². The summed E-state index contributed by atoms with van der Waals surface area (Å²) in [5.74, 6) is 0.964. The Morgan fingerprint density at radius 3 is 2.60 bits per heavy atom. The highest BCUT2D eigenvalue weighted by Gasteiger charge is 2.26. The summed E-state index contributed by atoms with van der Waals surface area (Å²) < 4.78 is 27.2. The number of hydrogen-bond acceptors (Lipinski definition) is 8. The maximum atomic E-state index is 13.4. The number of methoxy groups -OCH3 is 2. The van der Waals surface area contributed by atoms with E-state index in [0.29, 0.717) is 29.4 Å². The first-order valence-electron chi connectivity index (χ1n) is 11.1. The Labute approximate surface area is 206 Å². The summed E-state index contributed by atoms with van der Waals surface area (Å²) in [6, 6.07) is 17.0. The molecule has 8 nitrogen and oxygen atoms in total. The molecule has 0 saturated carbocycles. The van der Waals surface area contributed by atoms with E-state index < -0.39 is 5.97 Å². The third-order valence-corrected chi connectivity index (χ3v) is 6.47. The largest absolute Gasteiger partial charge is 0.497 e. The second-order valence-corrected chi connectivity index (χ2v) is 8.48. The highest BCUT2D eigenvalue weighted by Crippen LogP contribution is 2.39. The maximum absolute atomic E-state index is 13.4. The average Bonchev–Trinajstić information content (AvgIpc) is 3.46. The molecule has 0 unspecified atom stereocenters. The number of nitrogens with two attached hydrogens (primary N) is 1. The second-order valence-electron chi connectivity index (χ2n) is 7.95. The summed E-state index contributed by atoms with van der Waals surface area (Å²) in [5, 5.41) is 0.845. The topological polar surface area (TPSA) is 101 Å². The monoisotopic (exact) mass is 488 g/mol. The van der Waals surface area contributed by atoms with Gasteiger partial charge in [0.05, 0.1) is 39.1 Å². The molecule has 0 fully saturated rings. The number of esters is 1. The van der Waals surface area contributed by atoms with Crippen molar-refractivity contribution >= 4 is 45.3 Å². The Morgan fingerprint density at radius 1 is 1.00 bits per heavy atom. The second kappa shape index (κ2) is 9.27. The summed E-state index contributed by atoms with van der Waals surface area (Å²) in [4.78, 5) is 13.4. The zero-order valence-corrected chi connectivity index (χ0v) is 20.4. The minimum absolute atomic E-state index is 0.249.